The summed E-state index contributed by atoms with van der Waals surface area (Å²) >= 11 is 0. The smallest absolute Gasteiger partial charge is 0.253 e. The summed E-state index contributed by atoms with van der Waals surface area (Å²) in [6.45, 7) is 9.18. The number of carbonyl (C=O) groups is 2. The van der Waals surface area contributed by atoms with Gasteiger partial charge in [0.15, 0.2) is 0 Å². The molecule has 238 valence electrons. The summed E-state index contributed by atoms with van der Waals surface area (Å²) in [7, 11) is -3.54. The van der Waals surface area contributed by atoms with E-state index in [4.69, 9.17) is 0 Å². The van der Waals surface area contributed by atoms with E-state index in [1.54, 1.807) is 30.9 Å². The Balaban J connectivity index is 1.91. The second-order valence-corrected chi connectivity index (χ2v) is 13.3. The van der Waals surface area contributed by atoms with Crippen LogP contribution in [0.2, 0.25) is 0 Å². The van der Waals surface area contributed by atoms with E-state index in [-0.39, 0.29) is 48.8 Å². The summed E-state index contributed by atoms with van der Waals surface area (Å²) in [6, 6.07) is 6.04. The van der Waals surface area contributed by atoms with Gasteiger partial charge in [-0.25, -0.2) is 17.2 Å². The Bertz CT molecular complexity index is 1350. The summed E-state index contributed by atoms with van der Waals surface area (Å²) in [6.07, 6.45) is 0.582. The average Bonchev–Trinajstić information content (AvgIpc) is 2.95. The van der Waals surface area contributed by atoms with Crippen molar-refractivity contribution in [3.8, 4) is 0 Å². The van der Waals surface area contributed by atoms with Crippen LogP contribution in [0, 0.1) is 18.6 Å². The second kappa shape index (κ2) is 15.7. The molecule has 2 aromatic rings. The van der Waals surface area contributed by atoms with Gasteiger partial charge in [0, 0.05) is 56.0 Å². The fourth-order valence-corrected chi connectivity index (χ4v) is 7.00. The van der Waals surface area contributed by atoms with Crippen LogP contribution in [-0.2, 0) is 16.4 Å². The lowest BCUT2D eigenvalue weighted by molar-refractivity contribution is 0.0600. The first kappa shape index (κ1) is 34.6. The van der Waals surface area contributed by atoms with Gasteiger partial charge >= 0.3 is 0 Å². The normalized spacial score (nSPS) is 17.3. The van der Waals surface area contributed by atoms with Crippen molar-refractivity contribution in [2.24, 2.45) is 0 Å². The predicted octanol–water partition coefficient (Wildman–Crippen LogP) is 3.25. The number of sulfonamides is 1. The molecule has 2 aromatic carbocycles. The van der Waals surface area contributed by atoms with E-state index >= 15 is 0 Å². The average molecular weight is 623 g/mol. The molecule has 3 rings (SSSR count). The van der Waals surface area contributed by atoms with Gasteiger partial charge in [-0.05, 0) is 74.1 Å². The number of benzene rings is 2. The Morgan fingerprint density at radius 2 is 1.65 bits per heavy atom. The number of halogens is 2. The number of rotatable bonds is 14. The topological polar surface area (TPSA) is 119 Å². The number of hydrogen-bond donors (Lipinski definition) is 3. The molecule has 12 heteroatoms. The van der Waals surface area contributed by atoms with Gasteiger partial charge in [-0.15, -0.1) is 0 Å². The van der Waals surface area contributed by atoms with Gasteiger partial charge in [0.1, 0.15) is 11.6 Å². The number of aliphatic hydroxyl groups excluding tert-OH is 1. The molecular formula is C31H44F2N4O5S. The van der Waals surface area contributed by atoms with Crippen LogP contribution in [0.15, 0.2) is 36.4 Å². The van der Waals surface area contributed by atoms with Crippen molar-refractivity contribution in [2.45, 2.75) is 71.6 Å². The van der Waals surface area contributed by atoms with Crippen LogP contribution < -0.4 is 10.6 Å². The molecule has 3 N–H and O–H groups in total. The van der Waals surface area contributed by atoms with Gasteiger partial charge in [0.25, 0.3) is 11.8 Å². The van der Waals surface area contributed by atoms with E-state index < -0.39 is 45.8 Å². The Labute approximate surface area is 253 Å². The van der Waals surface area contributed by atoms with Crippen molar-refractivity contribution < 1.29 is 31.9 Å². The lowest BCUT2D eigenvalue weighted by Gasteiger charge is -2.38. The van der Waals surface area contributed by atoms with E-state index in [1.807, 2.05) is 13.8 Å². The molecule has 0 aliphatic carbocycles. The molecule has 1 saturated heterocycles. The molecule has 43 heavy (non-hydrogen) atoms. The van der Waals surface area contributed by atoms with E-state index in [9.17, 15) is 31.9 Å². The highest BCUT2D eigenvalue weighted by molar-refractivity contribution is 7.89. The number of piperazine rings is 1. The van der Waals surface area contributed by atoms with Crippen LogP contribution in [0.4, 0.5) is 8.78 Å². The third kappa shape index (κ3) is 9.53. The lowest BCUT2D eigenvalue weighted by atomic mass is 9.94. The van der Waals surface area contributed by atoms with Crippen LogP contribution in [0.1, 0.15) is 71.9 Å². The largest absolute Gasteiger partial charge is 0.389 e. The molecule has 2 amide bonds. The Morgan fingerprint density at radius 1 is 1.02 bits per heavy atom. The minimum absolute atomic E-state index is 0.0266. The lowest BCUT2D eigenvalue weighted by Crippen LogP contribution is -2.62. The van der Waals surface area contributed by atoms with Crippen molar-refractivity contribution in [2.75, 3.05) is 38.5 Å². The van der Waals surface area contributed by atoms with Crippen molar-refractivity contribution >= 4 is 21.8 Å². The molecule has 1 heterocycles. The molecule has 0 aromatic heterocycles. The monoisotopic (exact) mass is 622 g/mol. The molecule has 1 fully saturated rings. The molecule has 0 saturated carbocycles. The maximum absolute atomic E-state index is 14.0. The summed E-state index contributed by atoms with van der Waals surface area (Å²) in [5.74, 6) is -2.39. The maximum Gasteiger partial charge on any atom is 0.253 e. The van der Waals surface area contributed by atoms with Crippen molar-refractivity contribution in [1.29, 1.82) is 0 Å². The number of nitrogens with one attached hydrogen (secondary N) is 2. The molecule has 3 atom stereocenters. The minimum atomic E-state index is -3.54. The van der Waals surface area contributed by atoms with Crippen molar-refractivity contribution in [3.05, 3.63) is 70.3 Å². The van der Waals surface area contributed by atoms with E-state index in [0.29, 0.717) is 30.6 Å². The number of hydrogen-bond acceptors (Lipinski definition) is 6. The fourth-order valence-electron chi connectivity index (χ4n) is 5.47. The van der Waals surface area contributed by atoms with Crippen LogP contribution in [0.25, 0.3) is 0 Å². The van der Waals surface area contributed by atoms with Gasteiger partial charge in [-0.3, -0.25) is 9.59 Å². The summed E-state index contributed by atoms with van der Waals surface area (Å²) in [5.41, 5.74) is 1.46. The third-order valence-electron chi connectivity index (χ3n) is 7.40. The van der Waals surface area contributed by atoms with Gasteiger partial charge in [0.05, 0.1) is 17.9 Å². The molecule has 1 aliphatic rings. The van der Waals surface area contributed by atoms with Gasteiger partial charge in [0.2, 0.25) is 10.0 Å². The standard InChI is InChI=1S/C31H44F2N4O5S/c1-5-9-36(10-6-2)31(40)24-14-21(4)13-23(18-24)30(39)35-27(17-22-15-25(32)19-26(33)16-22)29(38)28-20-37(11-8-34-28)43(41,42)12-7-3/h13-16,18-19,27-29,34,38H,5-12,17,20H2,1-4H3,(H,35,39)/t27-,28+,29?/m0/s1. The quantitative estimate of drug-likeness (QED) is 0.298. The number of aryl methyl sites for hydroxylation is 1. The number of amides is 2. The van der Waals surface area contributed by atoms with Crippen LogP contribution in [-0.4, -0.2) is 91.2 Å². The Kier molecular flexibility index (Phi) is 12.6. The Morgan fingerprint density at radius 3 is 2.26 bits per heavy atom. The molecule has 9 nitrogen and oxygen atoms in total. The molecule has 0 radical (unpaired) electrons. The van der Waals surface area contributed by atoms with Gasteiger partial charge < -0.3 is 20.6 Å². The molecule has 0 spiro atoms. The first-order chi connectivity index (χ1) is 20.4. The summed E-state index contributed by atoms with van der Waals surface area (Å²) < 4.78 is 54.9. The van der Waals surface area contributed by atoms with Crippen molar-refractivity contribution in [3.63, 3.8) is 0 Å². The van der Waals surface area contributed by atoms with Crippen molar-refractivity contribution in [1.82, 2.24) is 19.8 Å². The van der Waals surface area contributed by atoms with E-state index in [1.165, 1.54) is 10.4 Å². The molecule has 1 aliphatic heterocycles. The number of aliphatic hydroxyl groups is 1. The zero-order valence-corrected chi connectivity index (χ0v) is 26.2. The van der Waals surface area contributed by atoms with E-state index in [0.717, 1.165) is 31.0 Å². The first-order valence-electron chi connectivity index (χ1n) is 14.9. The van der Waals surface area contributed by atoms with Crippen LogP contribution >= 0.6 is 0 Å². The molecule has 0 bridgehead atoms. The summed E-state index contributed by atoms with van der Waals surface area (Å²) in [4.78, 5) is 28.6. The maximum atomic E-state index is 14.0. The zero-order valence-electron chi connectivity index (χ0n) is 25.4. The minimum Gasteiger partial charge on any atom is -0.389 e. The number of carbonyl (C=O) groups excluding carboxylic acids is 2. The van der Waals surface area contributed by atoms with Crippen LogP contribution in [0.5, 0.6) is 0 Å². The predicted molar refractivity (Wildman–Crippen MR) is 162 cm³/mol. The summed E-state index contributed by atoms with van der Waals surface area (Å²) in [5, 5.41) is 17.4. The third-order valence-corrected chi connectivity index (χ3v) is 9.45. The highest BCUT2D eigenvalue weighted by Gasteiger charge is 2.36. The molecule has 1 unspecified atom stereocenters. The number of nitrogens with zero attached hydrogens (tertiary/aromatic N) is 2. The van der Waals surface area contributed by atoms with Crippen LogP contribution in [0.3, 0.4) is 0 Å². The van der Waals surface area contributed by atoms with Gasteiger partial charge in [-0.2, -0.15) is 4.31 Å². The van der Waals surface area contributed by atoms with Gasteiger partial charge in [-0.1, -0.05) is 20.8 Å². The first-order valence-corrected chi connectivity index (χ1v) is 16.5. The molecular weight excluding hydrogens is 578 g/mol. The fraction of sp³-hybridized carbons (Fsp3) is 0.548. The highest BCUT2D eigenvalue weighted by atomic mass is 32.2. The SMILES string of the molecule is CCCN(CCC)C(=O)c1cc(C)cc(C(=O)N[C@@H](Cc2cc(F)cc(F)c2)C(O)[C@H]2CN(S(=O)(=O)CCC)CCN2)c1. The Hall–Kier alpha value is -2.93. The zero-order chi connectivity index (χ0) is 31.7. The van der Waals surface area contributed by atoms with E-state index in [2.05, 4.69) is 10.6 Å². The highest BCUT2D eigenvalue weighted by Crippen LogP contribution is 2.19. The second-order valence-electron chi connectivity index (χ2n) is 11.2.